The molecule has 2 aromatic heterocycles. The molecule has 1 spiro atoms. The number of nitrogens with zero attached hydrogens (tertiary/aromatic N) is 4. The Bertz CT molecular complexity index is 1930. The monoisotopic (exact) mass is 490 g/mol. The van der Waals surface area contributed by atoms with Gasteiger partial charge in [-0.15, -0.1) is 0 Å². The maximum Gasteiger partial charge on any atom is 0.553 e. The van der Waals surface area contributed by atoms with Crippen LogP contribution in [0.15, 0.2) is 22.5 Å². The van der Waals surface area contributed by atoms with Crippen molar-refractivity contribution in [3.8, 4) is 0 Å². The largest absolute Gasteiger partial charge is 0.553 e. The summed E-state index contributed by atoms with van der Waals surface area (Å²) in [6, 6.07) is 0. The smallest absolute Gasteiger partial charge is 0.198 e. The van der Waals surface area contributed by atoms with Crippen molar-refractivity contribution in [1.82, 2.24) is 9.13 Å². The Balaban J connectivity index is 1.81. The van der Waals surface area contributed by atoms with E-state index in [1.165, 1.54) is 101 Å². The van der Waals surface area contributed by atoms with Crippen LogP contribution in [0.5, 0.6) is 0 Å². The van der Waals surface area contributed by atoms with E-state index in [2.05, 4.69) is 101 Å². The van der Waals surface area contributed by atoms with Gasteiger partial charge >= 0.3 is 5.91 Å². The highest BCUT2D eigenvalue weighted by atomic mass is 15.6. The number of aromatic nitrogens is 2. The van der Waals surface area contributed by atoms with Crippen LogP contribution in [0.25, 0.3) is 22.3 Å². The lowest BCUT2D eigenvalue weighted by Crippen LogP contribution is -2.71. The van der Waals surface area contributed by atoms with E-state index < -0.39 is 5.91 Å². The Kier molecular flexibility index (Phi) is 3.52. The summed E-state index contributed by atoms with van der Waals surface area (Å²) in [5, 5.41) is 2.84. The van der Waals surface area contributed by atoms with Crippen LogP contribution in [0.2, 0.25) is 0 Å². The average molecular weight is 491 g/mol. The molecule has 0 aromatic carbocycles. The number of allylic oxidation sites excluding steroid dienone is 5. The van der Waals surface area contributed by atoms with Crippen molar-refractivity contribution in [2.24, 2.45) is 11.8 Å². The van der Waals surface area contributed by atoms with Gasteiger partial charge in [0.2, 0.25) is 22.8 Å². The zero-order valence-corrected chi connectivity index (χ0v) is 24.4. The summed E-state index contributed by atoms with van der Waals surface area (Å²) in [5.41, 5.74) is 23.0. The second-order valence-electron chi connectivity index (χ2n) is 12.6. The lowest BCUT2D eigenvalue weighted by Gasteiger charge is -2.41. The van der Waals surface area contributed by atoms with Crippen molar-refractivity contribution >= 4 is 33.7 Å². The summed E-state index contributed by atoms with van der Waals surface area (Å²) in [5.74, 6) is 0.423. The van der Waals surface area contributed by atoms with Gasteiger partial charge in [-0.3, -0.25) is 0 Å². The van der Waals surface area contributed by atoms with Crippen LogP contribution in [0.4, 0.5) is 0 Å². The molecule has 4 nitrogen and oxygen atoms in total. The first-order chi connectivity index (χ1) is 17.4. The third kappa shape index (κ3) is 1.77. The van der Waals surface area contributed by atoms with Crippen molar-refractivity contribution in [1.29, 1.82) is 0 Å². The summed E-state index contributed by atoms with van der Waals surface area (Å²) in [6.07, 6.45) is 0. The zero-order chi connectivity index (χ0) is 26.4. The quantitative estimate of drug-likeness (QED) is 0.460. The van der Waals surface area contributed by atoms with Crippen LogP contribution in [0.3, 0.4) is 0 Å². The molecule has 4 heteroatoms. The van der Waals surface area contributed by atoms with Crippen LogP contribution in [-0.2, 0) is 5.91 Å². The molecule has 0 fully saturated rings. The van der Waals surface area contributed by atoms with Crippen molar-refractivity contribution in [2.75, 3.05) is 0 Å². The van der Waals surface area contributed by atoms with Gasteiger partial charge in [-0.05, 0) is 91.5 Å². The molecular formula is C33H38N4+2. The Hall–Kier alpha value is -3.14. The first-order valence-electron chi connectivity index (χ1n) is 14.0. The second kappa shape index (κ2) is 5.95. The fourth-order valence-electron chi connectivity index (χ4n) is 9.42. The summed E-state index contributed by atoms with van der Waals surface area (Å²) in [4.78, 5) is 0. The van der Waals surface area contributed by atoms with Crippen molar-refractivity contribution in [3.63, 3.8) is 0 Å². The van der Waals surface area contributed by atoms with Gasteiger partial charge in [-0.1, -0.05) is 23.0 Å². The van der Waals surface area contributed by atoms with Gasteiger partial charge in [0, 0.05) is 33.4 Å². The molecule has 8 rings (SSSR count). The van der Waals surface area contributed by atoms with E-state index in [1.54, 1.807) is 0 Å². The van der Waals surface area contributed by atoms with Gasteiger partial charge in [0.1, 0.15) is 0 Å². The third-order valence-corrected chi connectivity index (χ3v) is 11.4. The Morgan fingerprint density at radius 2 is 1.11 bits per heavy atom. The van der Waals surface area contributed by atoms with Gasteiger partial charge in [-0.2, -0.15) is 9.13 Å². The summed E-state index contributed by atoms with van der Waals surface area (Å²) in [7, 11) is 0. The van der Waals surface area contributed by atoms with Crippen LogP contribution in [0, 0.1) is 39.5 Å². The highest BCUT2D eigenvalue weighted by molar-refractivity contribution is 6.26. The molecule has 8 heterocycles. The number of hydrogen-bond acceptors (Lipinski definition) is 0. The Morgan fingerprint density at radius 1 is 0.541 bits per heavy atom. The molecule has 3 unspecified atom stereocenters. The molecule has 6 aliphatic heterocycles. The van der Waals surface area contributed by atoms with Gasteiger partial charge < -0.3 is 0 Å². The summed E-state index contributed by atoms with van der Waals surface area (Å²) in [6.45, 7) is 28.6. The predicted molar refractivity (Wildman–Crippen MR) is 151 cm³/mol. The van der Waals surface area contributed by atoms with Crippen molar-refractivity contribution < 1.29 is 9.15 Å². The molecule has 0 amide bonds. The summed E-state index contributed by atoms with van der Waals surface area (Å²) >= 11 is 0. The first kappa shape index (κ1) is 21.9. The van der Waals surface area contributed by atoms with Crippen molar-refractivity contribution in [2.45, 2.75) is 89.0 Å². The van der Waals surface area contributed by atoms with E-state index in [-0.39, 0.29) is 0 Å². The number of hydrogen-bond donors (Lipinski definition) is 0. The van der Waals surface area contributed by atoms with Gasteiger partial charge in [-0.25, -0.2) is 0 Å². The van der Waals surface area contributed by atoms with Gasteiger partial charge in [0.25, 0.3) is 0 Å². The maximum absolute atomic E-state index is 2.81. The molecule has 0 bridgehead atoms. The minimum atomic E-state index is -0.501. The molecule has 0 saturated carbocycles. The molecule has 6 aliphatic rings. The SMILES string of the molecule is CC1=C(C)C2=[N+]3C1=C(C)c1c(C)c(C)c4n1C31n3c(c(C)c(C)c3=C(C)C3=[N+]1C(=C4C)C(C)C3C)=C2C. The fourth-order valence-corrected chi connectivity index (χ4v) is 9.42. The zero-order valence-electron chi connectivity index (χ0n) is 24.4. The van der Waals surface area contributed by atoms with E-state index in [1.807, 2.05) is 0 Å². The lowest BCUT2D eigenvalue weighted by molar-refractivity contribution is -0.837. The average Bonchev–Trinajstić information content (AvgIpc) is 3.48. The highest BCUT2D eigenvalue weighted by Crippen LogP contribution is 2.56. The molecule has 0 saturated heterocycles. The topological polar surface area (TPSA) is 15.9 Å². The first-order valence-corrected chi connectivity index (χ1v) is 14.0. The molecule has 0 aliphatic carbocycles. The molecule has 188 valence electrons. The standard InChI is InChI=1S/C33H38N4/c1-13-14(2)26-22(10)28-17(5)18(6)30-24(12)32-20(8)19(7)31-23(11)29-16(4)15(3)27-21(9)25(13)34(26)33(35(27)29,36(28)30)37(31)32/h13-14H,1-12H3/q+2. The maximum atomic E-state index is 2.81. The van der Waals surface area contributed by atoms with E-state index in [0.29, 0.717) is 11.8 Å². The molecule has 0 radical (unpaired) electrons. The number of rotatable bonds is 0. The Morgan fingerprint density at radius 3 is 1.73 bits per heavy atom. The molecular weight excluding hydrogens is 452 g/mol. The minimum absolute atomic E-state index is 0.462. The third-order valence-electron chi connectivity index (χ3n) is 11.4. The van der Waals surface area contributed by atoms with Gasteiger partial charge in [0.15, 0.2) is 0 Å². The van der Waals surface area contributed by atoms with Crippen molar-refractivity contribution in [3.05, 3.63) is 66.9 Å². The van der Waals surface area contributed by atoms with E-state index in [0.717, 1.165) is 0 Å². The van der Waals surface area contributed by atoms with E-state index in [9.17, 15) is 0 Å². The van der Waals surface area contributed by atoms with Crippen LogP contribution in [0.1, 0.15) is 89.0 Å². The minimum Gasteiger partial charge on any atom is -0.198 e. The summed E-state index contributed by atoms with van der Waals surface area (Å²) < 4.78 is 11.1. The normalized spacial score (nSPS) is 28.5. The van der Waals surface area contributed by atoms with Gasteiger partial charge in [0.05, 0.1) is 33.9 Å². The van der Waals surface area contributed by atoms with E-state index >= 15 is 0 Å². The van der Waals surface area contributed by atoms with Crippen LogP contribution < -0.4 is 10.7 Å². The second-order valence-corrected chi connectivity index (χ2v) is 12.6. The fraction of sp³-hybridized carbons (Fsp3) is 0.455. The van der Waals surface area contributed by atoms with Crippen LogP contribution in [-0.4, -0.2) is 29.7 Å². The predicted octanol–water partition coefficient (Wildman–Crippen LogP) is 5.04. The molecule has 2 aromatic rings. The highest BCUT2D eigenvalue weighted by Gasteiger charge is 2.75. The molecule has 37 heavy (non-hydrogen) atoms. The molecule has 3 atom stereocenters. The Labute approximate surface area is 219 Å². The molecule has 0 N–H and O–H groups in total. The van der Waals surface area contributed by atoms with E-state index in [4.69, 9.17) is 0 Å². The van der Waals surface area contributed by atoms with Crippen LogP contribution >= 0.6 is 0 Å². The lowest BCUT2D eigenvalue weighted by atomic mass is 9.87.